The highest BCUT2D eigenvalue weighted by atomic mass is 79.9. The molecule has 1 aromatic rings. The fourth-order valence-electron chi connectivity index (χ4n) is 1.17. The van der Waals surface area contributed by atoms with Crippen LogP contribution in [0.1, 0.15) is 19.4 Å². The van der Waals surface area contributed by atoms with Crippen LogP contribution in [0.5, 0.6) is 0 Å². The molecule has 96 valence electrons. The summed E-state index contributed by atoms with van der Waals surface area (Å²) in [5.41, 5.74) is 7.78. The standard InChI is InChI=1S/C13H22BrNOSi/c1-13(2,17(3,4)5)16-9-10-8-11(14)6-7-12(10)15/h6-8H,9,15H2,1-5H3. The van der Waals surface area contributed by atoms with Crippen LogP contribution in [0.25, 0.3) is 0 Å². The minimum atomic E-state index is -1.34. The number of hydrogen-bond acceptors (Lipinski definition) is 2. The van der Waals surface area contributed by atoms with E-state index in [1.807, 2.05) is 18.2 Å². The van der Waals surface area contributed by atoms with Crippen LogP contribution in [0, 0.1) is 0 Å². The summed E-state index contributed by atoms with van der Waals surface area (Å²) in [6.45, 7) is 11.9. The lowest BCUT2D eigenvalue weighted by atomic mass is 10.2. The van der Waals surface area contributed by atoms with E-state index < -0.39 is 8.07 Å². The van der Waals surface area contributed by atoms with Crippen molar-refractivity contribution < 1.29 is 4.74 Å². The molecule has 2 nitrogen and oxygen atoms in total. The molecule has 1 rings (SSSR count). The van der Waals surface area contributed by atoms with Gasteiger partial charge in [-0.2, -0.15) is 0 Å². The van der Waals surface area contributed by atoms with Gasteiger partial charge in [-0.05, 0) is 32.0 Å². The van der Waals surface area contributed by atoms with Gasteiger partial charge in [-0.15, -0.1) is 0 Å². The van der Waals surface area contributed by atoms with E-state index in [9.17, 15) is 0 Å². The molecule has 1 aromatic carbocycles. The smallest absolute Gasteiger partial charge is 0.0817 e. The van der Waals surface area contributed by atoms with E-state index in [4.69, 9.17) is 10.5 Å². The first kappa shape index (κ1) is 14.7. The highest BCUT2D eigenvalue weighted by Gasteiger charge is 2.35. The second kappa shape index (κ2) is 5.12. The first-order valence-corrected chi connectivity index (χ1v) is 10.1. The van der Waals surface area contributed by atoms with E-state index in [2.05, 4.69) is 49.4 Å². The molecule has 0 saturated heterocycles. The summed E-state index contributed by atoms with van der Waals surface area (Å²) < 4.78 is 7.11. The van der Waals surface area contributed by atoms with Gasteiger partial charge in [0.05, 0.1) is 19.9 Å². The second-order valence-electron chi connectivity index (χ2n) is 5.89. The van der Waals surface area contributed by atoms with E-state index >= 15 is 0 Å². The minimum Gasteiger partial charge on any atom is -0.398 e. The summed E-state index contributed by atoms with van der Waals surface area (Å²) in [5.74, 6) is 0. The number of ether oxygens (including phenoxy) is 1. The Balaban J connectivity index is 2.77. The molecule has 0 aliphatic rings. The Morgan fingerprint density at radius 2 is 1.88 bits per heavy atom. The number of rotatable bonds is 4. The van der Waals surface area contributed by atoms with Crippen molar-refractivity contribution in [3.63, 3.8) is 0 Å². The molecule has 4 heteroatoms. The number of halogens is 1. The summed E-state index contributed by atoms with van der Waals surface area (Å²) in [6, 6.07) is 5.88. The third kappa shape index (κ3) is 3.83. The molecule has 0 aromatic heterocycles. The Morgan fingerprint density at radius 1 is 1.29 bits per heavy atom. The molecule has 0 spiro atoms. The van der Waals surface area contributed by atoms with E-state index in [0.29, 0.717) is 6.61 Å². The van der Waals surface area contributed by atoms with Crippen LogP contribution in [0.4, 0.5) is 5.69 Å². The van der Waals surface area contributed by atoms with Crippen LogP contribution in [-0.2, 0) is 11.3 Å². The Hall–Kier alpha value is -0.323. The van der Waals surface area contributed by atoms with Gasteiger partial charge < -0.3 is 10.5 Å². The summed E-state index contributed by atoms with van der Waals surface area (Å²) in [5, 5.41) is -0.0538. The van der Waals surface area contributed by atoms with Crippen LogP contribution < -0.4 is 5.73 Å². The number of nitrogen functional groups attached to an aromatic ring is 1. The number of nitrogens with two attached hydrogens (primary N) is 1. The minimum absolute atomic E-state index is 0.0538. The maximum atomic E-state index is 6.08. The number of hydrogen-bond donors (Lipinski definition) is 1. The fraction of sp³-hybridized carbons (Fsp3) is 0.538. The summed E-state index contributed by atoms with van der Waals surface area (Å²) in [6.07, 6.45) is 0. The normalized spacial score (nSPS) is 12.8. The molecule has 0 aliphatic carbocycles. The van der Waals surface area contributed by atoms with Crippen molar-refractivity contribution >= 4 is 29.7 Å². The van der Waals surface area contributed by atoms with Crippen LogP contribution >= 0.6 is 15.9 Å². The van der Waals surface area contributed by atoms with Gasteiger partial charge in [0.15, 0.2) is 0 Å². The van der Waals surface area contributed by atoms with Crippen LogP contribution in [0.3, 0.4) is 0 Å². The number of benzene rings is 1. The molecule has 0 bridgehead atoms. The zero-order valence-electron chi connectivity index (χ0n) is 11.3. The lowest BCUT2D eigenvalue weighted by Crippen LogP contribution is -2.49. The van der Waals surface area contributed by atoms with E-state index in [-0.39, 0.29) is 5.22 Å². The fourth-order valence-corrected chi connectivity index (χ4v) is 2.09. The topological polar surface area (TPSA) is 35.2 Å². The molecule has 0 unspecified atom stereocenters. The van der Waals surface area contributed by atoms with Crippen molar-refractivity contribution in [2.24, 2.45) is 0 Å². The average Bonchev–Trinajstić information content (AvgIpc) is 2.18. The third-order valence-corrected chi connectivity index (χ3v) is 7.75. The molecule has 0 fully saturated rings. The van der Waals surface area contributed by atoms with Gasteiger partial charge in [0, 0.05) is 15.7 Å². The predicted molar refractivity (Wildman–Crippen MR) is 80.8 cm³/mol. The van der Waals surface area contributed by atoms with E-state index in [1.54, 1.807) is 0 Å². The molecule has 0 amide bonds. The molecule has 0 atom stereocenters. The Bertz CT molecular complexity index is 399. The predicted octanol–water partition coefficient (Wildman–Crippen LogP) is 4.20. The lowest BCUT2D eigenvalue weighted by Gasteiger charge is -2.37. The van der Waals surface area contributed by atoms with Gasteiger partial charge in [0.25, 0.3) is 0 Å². The molecule has 0 saturated carbocycles. The lowest BCUT2D eigenvalue weighted by molar-refractivity contribution is 0.0245. The zero-order valence-corrected chi connectivity index (χ0v) is 13.9. The van der Waals surface area contributed by atoms with Crippen molar-refractivity contribution in [3.05, 3.63) is 28.2 Å². The van der Waals surface area contributed by atoms with Gasteiger partial charge in [-0.1, -0.05) is 35.6 Å². The second-order valence-corrected chi connectivity index (χ2v) is 12.5. The van der Waals surface area contributed by atoms with Gasteiger partial charge in [-0.25, -0.2) is 0 Å². The van der Waals surface area contributed by atoms with Crippen LogP contribution in [-0.4, -0.2) is 13.3 Å². The Labute approximate surface area is 114 Å². The SMILES string of the molecule is CC(C)(OCc1cc(Br)ccc1N)[Si](C)(C)C. The third-order valence-electron chi connectivity index (χ3n) is 3.50. The van der Waals surface area contributed by atoms with Gasteiger partial charge >= 0.3 is 0 Å². The monoisotopic (exact) mass is 315 g/mol. The largest absolute Gasteiger partial charge is 0.398 e. The highest BCUT2D eigenvalue weighted by molar-refractivity contribution is 9.10. The number of anilines is 1. The molecular weight excluding hydrogens is 294 g/mol. The maximum absolute atomic E-state index is 6.08. The summed E-state index contributed by atoms with van der Waals surface area (Å²) in [7, 11) is -1.34. The highest BCUT2D eigenvalue weighted by Crippen LogP contribution is 2.27. The molecule has 17 heavy (non-hydrogen) atoms. The molecule has 0 heterocycles. The van der Waals surface area contributed by atoms with Crippen LogP contribution in [0.2, 0.25) is 19.6 Å². The first-order valence-electron chi connectivity index (χ1n) is 5.81. The molecule has 0 aliphatic heterocycles. The van der Waals surface area contributed by atoms with Crippen molar-refractivity contribution in [3.8, 4) is 0 Å². The maximum Gasteiger partial charge on any atom is 0.0817 e. The Kier molecular flexibility index (Phi) is 4.44. The van der Waals surface area contributed by atoms with Crippen molar-refractivity contribution in [1.82, 2.24) is 0 Å². The van der Waals surface area contributed by atoms with Gasteiger partial charge in [-0.3, -0.25) is 0 Å². The molecule has 0 radical (unpaired) electrons. The average molecular weight is 316 g/mol. The van der Waals surface area contributed by atoms with E-state index in [1.165, 1.54) is 0 Å². The first-order chi connectivity index (χ1) is 7.63. The quantitative estimate of drug-likeness (QED) is 0.667. The zero-order chi connectivity index (χ0) is 13.3. The molecule has 2 N–H and O–H groups in total. The molecular formula is C13H22BrNOSi. The van der Waals surface area contributed by atoms with Gasteiger partial charge in [0.1, 0.15) is 0 Å². The van der Waals surface area contributed by atoms with Gasteiger partial charge in [0.2, 0.25) is 0 Å². The van der Waals surface area contributed by atoms with Crippen molar-refractivity contribution in [2.45, 2.75) is 45.3 Å². The van der Waals surface area contributed by atoms with Crippen molar-refractivity contribution in [1.29, 1.82) is 0 Å². The Morgan fingerprint density at radius 3 is 2.41 bits per heavy atom. The van der Waals surface area contributed by atoms with E-state index in [0.717, 1.165) is 15.7 Å². The van der Waals surface area contributed by atoms with Crippen LogP contribution in [0.15, 0.2) is 22.7 Å². The summed E-state index contributed by atoms with van der Waals surface area (Å²) in [4.78, 5) is 0. The summed E-state index contributed by atoms with van der Waals surface area (Å²) >= 11 is 3.45. The van der Waals surface area contributed by atoms with Crippen molar-refractivity contribution in [2.75, 3.05) is 5.73 Å².